The lowest BCUT2D eigenvalue weighted by Crippen LogP contribution is -3.16. The maximum atomic E-state index is 12.4. The second kappa shape index (κ2) is 10.9. The third-order valence-corrected chi connectivity index (χ3v) is 5.75. The molecule has 162 valence electrons. The van der Waals surface area contributed by atoms with Crippen molar-refractivity contribution in [3.63, 3.8) is 0 Å². The van der Waals surface area contributed by atoms with E-state index in [0.29, 0.717) is 13.1 Å². The van der Waals surface area contributed by atoms with Crippen molar-refractivity contribution in [1.29, 1.82) is 0 Å². The van der Waals surface area contributed by atoms with Crippen molar-refractivity contribution < 1.29 is 14.4 Å². The van der Waals surface area contributed by atoms with Crippen LogP contribution in [0.25, 0.3) is 0 Å². The molecule has 6 heteroatoms. The van der Waals surface area contributed by atoms with Crippen LogP contribution in [-0.4, -0.2) is 65.4 Å². The Morgan fingerprint density at radius 2 is 1.93 bits per heavy atom. The van der Waals surface area contributed by atoms with Gasteiger partial charge in [-0.1, -0.05) is 18.2 Å². The van der Waals surface area contributed by atoms with Crippen LogP contribution in [-0.2, 0) is 4.79 Å². The van der Waals surface area contributed by atoms with E-state index in [1.165, 1.54) is 21.8 Å². The Balaban J connectivity index is 1.39. The standard InChI is InChI=1S/C24H34N4O2/c1-4-27(21-8-5-7-20(2)17-21)12-11-25-24(29)19-26-13-15-28(16-14-26)22-9-6-10-23(18-22)30-3/h5-10,17-18H,4,11-16,19H2,1-3H3,(H,25,29)/p+1. The number of hydrogen-bond donors (Lipinski definition) is 2. The first-order chi connectivity index (χ1) is 14.6. The molecule has 3 rings (SSSR count). The van der Waals surface area contributed by atoms with Crippen LogP contribution in [0.5, 0.6) is 5.75 Å². The van der Waals surface area contributed by atoms with Crippen LogP contribution in [0, 0.1) is 6.92 Å². The highest BCUT2D eigenvalue weighted by Crippen LogP contribution is 2.20. The zero-order chi connectivity index (χ0) is 21.3. The van der Waals surface area contributed by atoms with Gasteiger partial charge in [-0.25, -0.2) is 0 Å². The summed E-state index contributed by atoms with van der Waals surface area (Å²) in [5.41, 5.74) is 3.66. The summed E-state index contributed by atoms with van der Waals surface area (Å²) in [5, 5.41) is 3.11. The lowest BCUT2D eigenvalue weighted by Gasteiger charge is -2.33. The van der Waals surface area contributed by atoms with Gasteiger partial charge in [0, 0.05) is 37.1 Å². The second-order valence-electron chi connectivity index (χ2n) is 7.88. The lowest BCUT2D eigenvalue weighted by atomic mass is 10.2. The monoisotopic (exact) mass is 411 g/mol. The van der Waals surface area contributed by atoms with E-state index < -0.39 is 0 Å². The van der Waals surface area contributed by atoms with Gasteiger partial charge >= 0.3 is 0 Å². The van der Waals surface area contributed by atoms with E-state index >= 15 is 0 Å². The second-order valence-corrected chi connectivity index (χ2v) is 7.88. The summed E-state index contributed by atoms with van der Waals surface area (Å²) >= 11 is 0. The Morgan fingerprint density at radius 3 is 2.63 bits per heavy atom. The minimum absolute atomic E-state index is 0.139. The summed E-state index contributed by atoms with van der Waals surface area (Å²) < 4.78 is 5.33. The number of hydrogen-bond acceptors (Lipinski definition) is 4. The Kier molecular flexibility index (Phi) is 7.97. The third kappa shape index (κ3) is 6.13. The Morgan fingerprint density at radius 1 is 1.17 bits per heavy atom. The minimum Gasteiger partial charge on any atom is -0.497 e. The van der Waals surface area contributed by atoms with Gasteiger partial charge in [0.05, 0.1) is 33.3 Å². The SMILES string of the molecule is CCN(CCNC(=O)C[NH+]1CCN(c2cccc(OC)c2)CC1)c1cccc(C)c1. The topological polar surface area (TPSA) is 49.2 Å². The summed E-state index contributed by atoms with van der Waals surface area (Å²) in [6.07, 6.45) is 0. The molecule has 0 unspecified atom stereocenters. The van der Waals surface area contributed by atoms with Gasteiger partial charge < -0.3 is 24.8 Å². The number of carbonyl (C=O) groups is 1. The summed E-state index contributed by atoms with van der Waals surface area (Å²) in [6.45, 7) is 11.1. The number of anilines is 2. The average Bonchev–Trinajstić information content (AvgIpc) is 2.77. The number of methoxy groups -OCH3 is 1. The average molecular weight is 412 g/mol. The number of piperazine rings is 1. The molecule has 0 bridgehead atoms. The molecular formula is C24H35N4O2+. The number of rotatable bonds is 9. The number of likely N-dealkylation sites (N-methyl/N-ethyl adjacent to an activating group) is 1. The van der Waals surface area contributed by atoms with Crippen molar-refractivity contribution in [2.75, 3.05) is 69.3 Å². The zero-order valence-electron chi connectivity index (χ0n) is 18.5. The van der Waals surface area contributed by atoms with Gasteiger partial charge in [-0.15, -0.1) is 0 Å². The van der Waals surface area contributed by atoms with Gasteiger partial charge in [0.25, 0.3) is 5.91 Å². The Hall–Kier alpha value is -2.73. The molecule has 0 aliphatic carbocycles. The van der Waals surface area contributed by atoms with Crippen LogP contribution in [0.3, 0.4) is 0 Å². The third-order valence-electron chi connectivity index (χ3n) is 5.75. The minimum atomic E-state index is 0.139. The van der Waals surface area contributed by atoms with E-state index in [9.17, 15) is 4.79 Å². The van der Waals surface area contributed by atoms with Crippen molar-refractivity contribution in [3.05, 3.63) is 54.1 Å². The molecular weight excluding hydrogens is 376 g/mol. The molecule has 2 N–H and O–H groups in total. The highest BCUT2D eigenvalue weighted by atomic mass is 16.5. The quantitative estimate of drug-likeness (QED) is 0.654. The van der Waals surface area contributed by atoms with E-state index in [0.717, 1.165) is 45.0 Å². The number of carbonyl (C=O) groups excluding carboxylic acids is 1. The highest BCUT2D eigenvalue weighted by molar-refractivity contribution is 5.76. The lowest BCUT2D eigenvalue weighted by molar-refractivity contribution is -0.892. The highest BCUT2D eigenvalue weighted by Gasteiger charge is 2.22. The maximum absolute atomic E-state index is 12.4. The van der Waals surface area contributed by atoms with E-state index in [1.807, 2.05) is 12.1 Å². The number of ether oxygens (including phenoxy) is 1. The first-order valence-corrected chi connectivity index (χ1v) is 10.9. The predicted molar refractivity (Wildman–Crippen MR) is 123 cm³/mol. The molecule has 0 spiro atoms. The van der Waals surface area contributed by atoms with Gasteiger partial charge in [0.15, 0.2) is 6.54 Å². The van der Waals surface area contributed by atoms with Crippen LogP contribution in [0.4, 0.5) is 11.4 Å². The van der Waals surface area contributed by atoms with Crippen LogP contribution in [0.1, 0.15) is 12.5 Å². The van der Waals surface area contributed by atoms with Gasteiger partial charge in [-0.2, -0.15) is 0 Å². The molecule has 0 atom stereocenters. The van der Waals surface area contributed by atoms with E-state index in [-0.39, 0.29) is 5.91 Å². The molecule has 0 aromatic heterocycles. The molecule has 2 aromatic carbocycles. The summed E-state index contributed by atoms with van der Waals surface area (Å²) in [5.74, 6) is 1.02. The molecule has 1 fully saturated rings. The molecule has 30 heavy (non-hydrogen) atoms. The van der Waals surface area contributed by atoms with Crippen molar-refractivity contribution >= 4 is 17.3 Å². The molecule has 1 amide bonds. The molecule has 1 aliphatic heterocycles. The first kappa shape index (κ1) is 22.0. The van der Waals surface area contributed by atoms with E-state index in [1.54, 1.807) is 7.11 Å². The van der Waals surface area contributed by atoms with Crippen molar-refractivity contribution in [1.82, 2.24) is 5.32 Å². The fourth-order valence-corrected chi connectivity index (χ4v) is 3.98. The van der Waals surface area contributed by atoms with E-state index in [4.69, 9.17) is 4.74 Å². The van der Waals surface area contributed by atoms with Crippen LogP contribution < -0.4 is 24.8 Å². The Labute approximate surface area is 180 Å². The fraction of sp³-hybridized carbons (Fsp3) is 0.458. The fourth-order valence-electron chi connectivity index (χ4n) is 3.98. The number of quaternary nitrogens is 1. The Bertz CT molecular complexity index is 818. The normalized spacial score (nSPS) is 14.4. The van der Waals surface area contributed by atoms with Gasteiger partial charge in [-0.05, 0) is 43.7 Å². The largest absolute Gasteiger partial charge is 0.497 e. The summed E-state index contributed by atoms with van der Waals surface area (Å²) in [4.78, 5) is 18.4. The summed E-state index contributed by atoms with van der Waals surface area (Å²) in [7, 11) is 1.69. The van der Waals surface area contributed by atoms with Crippen molar-refractivity contribution in [3.8, 4) is 5.75 Å². The summed E-state index contributed by atoms with van der Waals surface area (Å²) in [6, 6.07) is 16.7. The van der Waals surface area contributed by atoms with Crippen molar-refractivity contribution in [2.45, 2.75) is 13.8 Å². The zero-order valence-corrected chi connectivity index (χ0v) is 18.5. The molecule has 1 heterocycles. The smallest absolute Gasteiger partial charge is 0.275 e. The van der Waals surface area contributed by atoms with Crippen LogP contribution in [0.2, 0.25) is 0 Å². The predicted octanol–water partition coefficient (Wildman–Crippen LogP) is 1.35. The van der Waals surface area contributed by atoms with Gasteiger partial charge in [0.1, 0.15) is 5.75 Å². The molecule has 0 radical (unpaired) electrons. The number of amides is 1. The van der Waals surface area contributed by atoms with Crippen LogP contribution >= 0.6 is 0 Å². The van der Waals surface area contributed by atoms with Crippen molar-refractivity contribution in [2.24, 2.45) is 0 Å². The molecule has 0 saturated carbocycles. The van der Waals surface area contributed by atoms with Gasteiger partial charge in [0.2, 0.25) is 0 Å². The maximum Gasteiger partial charge on any atom is 0.275 e. The molecule has 1 saturated heterocycles. The molecule has 2 aromatic rings. The van der Waals surface area contributed by atoms with Crippen LogP contribution in [0.15, 0.2) is 48.5 Å². The number of benzene rings is 2. The molecule has 6 nitrogen and oxygen atoms in total. The molecule has 1 aliphatic rings. The number of nitrogens with one attached hydrogen (secondary N) is 2. The first-order valence-electron chi connectivity index (χ1n) is 10.9. The van der Waals surface area contributed by atoms with Gasteiger partial charge in [-0.3, -0.25) is 4.79 Å². The number of nitrogens with zero attached hydrogens (tertiary/aromatic N) is 2. The van der Waals surface area contributed by atoms with E-state index in [2.05, 4.69) is 65.4 Å². The number of aryl methyl sites for hydroxylation is 1.